The number of carbonyl (C=O) groups is 2. The summed E-state index contributed by atoms with van der Waals surface area (Å²) < 4.78 is 0. The summed E-state index contributed by atoms with van der Waals surface area (Å²) in [4.78, 5) is 24.2. The highest BCUT2D eigenvalue weighted by Crippen LogP contribution is 2.68. The molecule has 3 fully saturated rings. The van der Waals surface area contributed by atoms with Crippen molar-refractivity contribution in [2.45, 2.75) is 76.1 Å². The normalized spacial score (nSPS) is 52.0. The Kier molecular flexibility index (Phi) is 3.95. The van der Waals surface area contributed by atoms with Crippen LogP contribution in [0.3, 0.4) is 0 Å². The number of aliphatic hydroxyl groups is 1. The van der Waals surface area contributed by atoms with Gasteiger partial charge in [-0.3, -0.25) is 9.59 Å². The maximum Gasteiger partial charge on any atom is 0.163 e. The molecule has 0 saturated heterocycles. The van der Waals surface area contributed by atoms with E-state index in [0.29, 0.717) is 30.0 Å². The molecule has 0 radical (unpaired) electrons. The minimum atomic E-state index is -1.25. The van der Waals surface area contributed by atoms with Crippen LogP contribution in [0.15, 0.2) is 11.6 Å². The minimum absolute atomic E-state index is 0.0938. The quantitative estimate of drug-likeness (QED) is 0.660. The first kappa shape index (κ1) is 17.9. The molecule has 3 saturated carbocycles. The van der Waals surface area contributed by atoms with Gasteiger partial charge < -0.3 is 5.11 Å². The van der Waals surface area contributed by atoms with Gasteiger partial charge in [0.25, 0.3) is 0 Å². The molecule has 25 heavy (non-hydrogen) atoms. The molecule has 0 heterocycles. The Balaban J connectivity index is 1.72. The van der Waals surface area contributed by atoms with Crippen molar-refractivity contribution < 1.29 is 14.7 Å². The van der Waals surface area contributed by atoms with Crippen LogP contribution in [0.2, 0.25) is 0 Å². The zero-order valence-electron chi connectivity index (χ0n) is 15.5. The Morgan fingerprint density at radius 3 is 2.60 bits per heavy atom. The number of carbonyl (C=O) groups excluding carboxylic acids is 2. The molecule has 1 N–H and O–H groups in total. The Labute approximate surface area is 158 Å². The summed E-state index contributed by atoms with van der Waals surface area (Å²) in [5.41, 5.74) is -0.0844. The third-order valence-corrected chi connectivity index (χ3v) is 9.71. The van der Waals surface area contributed by atoms with Crippen molar-refractivity contribution in [2.75, 3.05) is 0 Å². The van der Waals surface area contributed by atoms with Crippen LogP contribution in [0.1, 0.15) is 65.7 Å². The second-order valence-electron chi connectivity index (χ2n) is 9.45. The molecule has 0 aromatic carbocycles. The van der Waals surface area contributed by atoms with Gasteiger partial charge >= 0.3 is 0 Å². The molecule has 4 rings (SSSR count). The van der Waals surface area contributed by atoms with Crippen LogP contribution in [0.4, 0.5) is 0 Å². The van der Waals surface area contributed by atoms with Crippen molar-refractivity contribution >= 4 is 27.5 Å². The van der Waals surface area contributed by atoms with E-state index >= 15 is 0 Å². The average Bonchev–Trinajstić information content (AvgIpc) is 2.77. The number of fused-ring (bicyclic) bond motifs is 5. The van der Waals surface area contributed by atoms with Gasteiger partial charge in [-0.15, -0.1) is 0 Å². The SMILES string of the molecule is CC(=O)[C@]1(O)[C@@H](Br)C[C@@H]2[C@H]3CCC4=CC(=O)CC[C@]4(C)[C@H]3CC[C@@]21C. The fourth-order valence-corrected chi connectivity index (χ4v) is 8.41. The van der Waals surface area contributed by atoms with Crippen molar-refractivity contribution in [3.8, 4) is 0 Å². The van der Waals surface area contributed by atoms with Gasteiger partial charge in [-0.05, 0) is 74.7 Å². The van der Waals surface area contributed by atoms with Crippen molar-refractivity contribution in [2.24, 2.45) is 28.6 Å². The molecule has 0 aliphatic heterocycles. The van der Waals surface area contributed by atoms with E-state index in [1.54, 1.807) is 6.92 Å². The fraction of sp³-hybridized carbons (Fsp3) is 0.810. The number of ketones is 2. The van der Waals surface area contributed by atoms with Crippen LogP contribution >= 0.6 is 15.9 Å². The number of allylic oxidation sites excluding steroid dienone is 1. The summed E-state index contributed by atoms with van der Waals surface area (Å²) >= 11 is 3.67. The molecule has 0 amide bonds. The smallest absolute Gasteiger partial charge is 0.163 e. The van der Waals surface area contributed by atoms with Gasteiger partial charge in [0, 0.05) is 11.8 Å². The first-order valence-electron chi connectivity index (χ1n) is 9.76. The van der Waals surface area contributed by atoms with E-state index in [-0.39, 0.29) is 21.4 Å². The molecule has 0 bridgehead atoms. The molecule has 0 unspecified atom stereocenters. The summed E-state index contributed by atoms with van der Waals surface area (Å²) in [6.07, 6.45) is 8.49. The van der Waals surface area contributed by atoms with Gasteiger partial charge in [0.05, 0.1) is 4.83 Å². The van der Waals surface area contributed by atoms with Gasteiger partial charge in [-0.25, -0.2) is 0 Å². The van der Waals surface area contributed by atoms with E-state index < -0.39 is 5.60 Å². The number of halogens is 1. The van der Waals surface area contributed by atoms with Crippen LogP contribution in [-0.4, -0.2) is 27.1 Å². The maximum absolute atomic E-state index is 12.4. The standard InChI is InChI=1S/C21H29BrO3/c1-12(23)21(25)18(22)11-17-15-5-4-13-10-14(24)6-8-19(13,2)16(15)7-9-20(17,21)3/h10,15-18,25H,4-9,11H2,1-3H3/t15-,16-,17+,18-,19-,20-,21-/m0/s1. The van der Waals surface area contributed by atoms with Crippen molar-refractivity contribution in [1.29, 1.82) is 0 Å². The van der Waals surface area contributed by atoms with E-state index in [1.807, 2.05) is 6.08 Å². The zero-order valence-corrected chi connectivity index (χ0v) is 17.1. The zero-order chi connectivity index (χ0) is 18.2. The van der Waals surface area contributed by atoms with Gasteiger partial charge in [0.15, 0.2) is 11.6 Å². The molecule has 0 aromatic heterocycles. The molecule has 4 aliphatic rings. The highest BCUT2D eigenvalue weighted by molar-refractivity contribution is 9.09. The van der Waals surface area contributed by atoms with E-state index in [0.717, 1.165) is 38.5 Å². The first-order valence-corrected chi connectivity index (χ1v) is 10.7. The second kappa shape index (κ2) is 5.51. The fourth-order valence-electron chi connectivity index (χ4n) is 7.16. The predicted octanol–water partition coefficient (Wildman–Crippen LogP) is 4.21. The molecule has 0 aromatic rings. The number of rotatable bonds is 1. The lowest BCUT2D eigenvalue weighted by molar-refractivity contribution is -0.159. The molecule has 138 valence electrons. The number of alkyl halides is 1. The lowest BCUT2D eigenvalue weighted by atomic mass is 9.46. The lowest BCUT2D eigenvalue weighted by Crippen LogP contribution is -2.59. The summed E-state index contributed by atoms with van der Waals surface area (Å²) in [7, 11) is 0. The number of hydrogen-bond acceptors (Lipinski definition) is 3. The Morgan fingerprint density at radius 1 is 1.20 bits per heavy atom. The van der Waals surface area contributed by atoms with E-state index in [9.17, 15) is 14.7 Å². The van der Waals surface area contributed by atoms with E-state index in [4.69, 9.17) is 0 Å². The average molecular weight is 409 g/mol. The van der Waals surface area contributed by atoms with Crippen LogP contribution in [0, 0.1) is 28.6 Å². The van der Waals surface area contributed by atoms with Gasteiger partial charge in [-0.1, -0.05) is 35.4 Å². The summed E-state index contributed by atoms with van der Waals surface area (Å²) in [6.45, 7) is 6.06. The van der Waals surface area contributed by atoms with Crippen LogP contribution < -0.4 is 0 Å². The number of Topliss-reactive ketones (excluding diaryl/α,β-unsaturated/α-hetero) is 1. The second-order valence-corrected chi connectivity index (χ2v) is 10.6. The first-order chi connectivity index (χ1) is 11.6. The topological polar surface area (TPSA) is 54.4 Å². The predicted molar refractivity (Wildman–Crippen MR) is 100 cm³/mol. The third-order valence-electron chi connectivity index (χ3n) is 8.67. The molecule has 4 heteroatoms. The van der Waals surface area contributed by atoms with Crippen LogP contribution in [-0.2, 0) is 9.59 Å². The Hall–Kier alpha value is -0.480. The minimum Gasteiger partial charge on any atom is -0.380 e. The Morgan fingerprint density at radius 2 is 1.92 bits per heavy atom. The van der Waals surface area contributed by atoms with Gasteiger partial charge in [0.2, 0.25) is 0 Å². The molecule has 3 nitrogen and oxygen atoms in total. The molecule has 0 spiro atoms. The van der Waals surface area contributed by atoms with Gasteiger partial charge in [-0.2, -0.15) is 0 Å². The van der Waals surface area contributed by atoms with Crippen molar-refractivity contribution in [3.05, 3.63) is 11.6 Å². The lowest BCUT2D eigenvalue weighted by Gasteiger charge is -2.58. The summed E-state index contributed by atoms with van der Waals surface area (Å²) in [5.74, 6) is 1.69. The molecular formula is C21H29BrO3. The molecule has 4 aliphatic carbocycles. The third kappa shape index (κ3) is 2.13. The van der Waals surface area contributed by atoms with Gasteiger partial charge in [0.1, 0.15) is 5.60 Å². The van der Waals surface area contributed by atoms with Crippen LogP contribution in [0.5, 0.6) is 0 Å². The molecular weight excluding hydrogens is 380 g/mol. The largest absolute Gasteiger partial charge is 0.380 e. The summed E-state index contributed by atoms with van der Waals surface area (Å²) in [6, 6.07) is 0. The highest BCUT2D eigenvalue weighted by Gasteiger charge is 2.68. The summed E-state index contributed by atoms with van der Waals surface area (Å²) in [5, 5.41) is 11.4. The maximum atomic E-state index is 12.4. The van der Waals surface area contributed by atoms with Crippen LogP contribution in [0.25, 0.3) is 0 Å². The number of hydrogen-bond donors (Lipinski definition) is 1. The Bertz CT molecular complexity index is 670. The van der Waals surface area contributed by atoms with E-state index in [1.165, 1.54) is 5.57 Å². The van der Waals surface area contributed by atoms with Crippen molar-refractivity contribution in [1.82, 2.24) is 0 Å². The van der Waals surface area contributed by atoms with Crippen molar-refractivity contribution in [3.63, 3.8) is 0 Å². The monoisotopic (exact) mass is 408 g/mol. The molecule has 7 atom stereocenters. The highest BCUT2D eigenvalue weighted by atomic mass is 79.9. The van der Waals surface area contributed by atoms with E-state index in [2.05, 4.69) is 29.8 Å².